The lowest BCUT2D eigenvalue weighted by Crippen LogP contribution is -2.65. The summed E-state index contributed by atoms with van der Waals surface area (Å²) in [5, 5.41) is 9.96. The number of methoxy groups -OCH3 is 1. The van der Waals surface area contributed by atoms with Gasteiger partial charge in [0.2, 0.25) is 0 Å². The van der Waals surface area contributed by atoms with E-state index in [2.05, 4.69) is 53.7 Å². The molecule has 0 aromatic carbocycles. The number of allylic oxidation sites excluding steroid dienone is 4. The highest BCUT2D eigenvalue weighted by molar-refractivity contribution is 6.15. The summed E-state index contributed by atoms with van der Waals surface area (Å²) in [5.74, 6) is 1.30. The van der Waals surface area contributed by atoms with E-state index in [-0.39, 0.29) is 34.0 Å². The van der Waals surface area contributed by atoms with Crippen LogP contribution in [0.15, 0.2) is 23.3 Å². The average Bonchev–Trinajstić information content (AvgIpc) is 2.84. The van der Waals surface area contributed by atoms with Gasteiger partial charge in [0.15, 0.2) is 5.78 Å². The van der Waals surface area contributed by atoms with Gasteiger partial charge in [-0.15, -0.1) is 0 Å². The van der Waals surface area contributed by atoms with Gasteiger partial charge in [-0.25, -0.2) is 0 Å². The highest BCUT2D eigenvalue weighted by Crippen LogP contribution is 2.75. The van der Waals surface area contributed by atoms with Crippen LogP contribution in [-0.2, 0) is 14.3 Å². The Bertz CT molecular complexity index is 1110. The highest BCUT2D eigenvalue weighted by atomic mass is 16.5. The number of carbonyl (C=O) groups excluding carboxylic acids is 2. The molecular formula is C32H45NO3. The first-order valence-electron chi connectivity index (χ1n) is 14.2. The summed E-state index contributed by atoms with van der Waals surface area (Å²) in [6.07, 6.45) is 12.4. The van der Waals surface area contributed by atoms with Crippen LogP contribution in [0.4, 0.5) is 0 Å². The summed E-state index contributed by atoms with van der Waals surface area (Å²) in [6.45, 7) is 16.5. The van der Waals surface area contributed by atoms with Crippen LogP contribution in [0.25, 0.3) is 0 Å². The maximum atomic E-state index is 13.5. The fraction of sp³-hybridized carbons (Fsp3) is 0.781. The summed E-state index contributed by atoms with van der Waals surface area (Å²) >= 11 is 0. The van der Waals surface area contributed by atoms with Crippen molar-refractivity contribution in [3.63, 3.8) is 0 Å². The molecule has 4 nitrogen and oxygen atoms in total. The Balaban J connectivity index is 1.66. The molecular weight excluding hydrogens is 446 g/mol. The number of carbonyl (C=O) groups is 2. The van der Waals surface area contributed by atoms with Crippen LogP contribution in [0.2, 0.25) is 0 Å². The Kier molecular flexibility index (Phi) is 5.59. The number of nitrogens with zero attached hydrogens (tertiary/aromatic N) is 1. The molecule has 4 heteroatoms. The second kappa shape index (κ2) is 7.81. The number of ether oxygens (including phenoxy) is 1. The first-order valence-corrected chi connectivity index (χ1v) is 14.2. The van der Waals surface area contributed by atoms with E-state index in [1.807, 2.05) is 6.08 Å². The van der Waals surface area contributed by atoms with E-state index >= 15 is 0 Å². The number of Topliss-reactive ketones (excluding diaryl/α,β-unsaturated/α-hetero) is 1. The second-order valence-corrected chi connectivity index (χ2v) is 14.4. The van der Waals surface area contributed by atoms with E-state index in [0.717, 1.165) is 25.2 Å². The van der Waals surface area contributed by atoms with Crippen LogP contribution in [0.3, 0.4) is 0 Å². The van der Waals surface area contributed by atoms with Gasteiger partial charge >= 0.3 is 5.97 Å². The van der Waals surface area contributed by atoms with Gasteiger partial charge in [0.25, 0.3) is 0 Å². The summed E-state index contributed by atoms with van der Waals surface area (Å²) in [6, 6.07) is 2.16. The molecule has 0 bridgehead atoms. The van der Waals surface area contributed by atoms with Gasteiger partial charge in [-0.2, -0.15) is 5.26 Å². The van der Waals surface area contributed by atoms with Gasteiger partial charge in [0.05, 0.1) is 12.7 Å². The van der Waals surface area contributed by atoms with E-state index < -0.39 is 16.8 Å². The predicted octanol–water partition coefficient (Wildman–Crippen LogP) is 7.06. The molecule has 0 spiro atoms. The number of rotatable bonds is 1. The topological polar surface area (TPSA) is 67.2 Å². The fourth-order valence-corrected chi connectivity index (χ4v) is 10.6. The molecule has 0 aromatic heterocycles. The molecule has 3 fully saturated rings. The third-order valence-electron chi connectivity index (χ3n) is 13.2. The molecule has 0 aromatic rings. The average molecular weight is 492 g/mol. The van der Waals surface area contributed by atoms with E-state index in [1.54, 1.807) is 12.5 Å². The van der Waals surface area contributed by atoms with Gasteiger partial charge in [-0.05, 0) is 103 Å². The first-order chi connectivity index (χ1) is 16.7. The van der Waals surface area contributed by atoms with E-state index in [1.165, 1.54) is 32.8 Å². The van der Waals surface area contributed by atoms with Gasteiger partial charge < -0.3 is 4.74 Å². The molecule has 36 heavy (non-hydrogen) atoms. The van der Waals surface area contributed by atoms with E-state index in [4.69, 9.17) is 4.74 Å². The van der Waals surface area contributed by atoms with Gasteiger partial charge in [0.1, 0.15) is 11.5 Å². The normalized spacial score (nSPS) is 51.9. The quantitative estimate of drug-likeness (QED) is 0.224. The molecule has 5 aliphatic rings. The predicted molar refractivity (Wildman–Crippen MR) is 140 cm³/mol. The van der Waals surface area contributed by atoms with Gasteiger partial charge in [-0.3, -0.25) is 9.59 Å². The molecule has 0 amide bonds. The number of nitriles is 1. The zero-order valence-corrected chi connectivity index (χ0v) is 23.7. The Morgan fingerprint density at radius 3 is 2.36 bits per heavy atom. The lowest BCUT2D eigenvalue weighted by atomic mass is 9.34. The minimum absolute atomic E-state index is 0.0402. The van der Waals surface area contributed by atoms with Crippen molar-refractivity contribution in [3.05, 3.63) is 23.3 Å². The molecule has 196 valence electrons. The summed E-state index contributed by atoms with van der Waals surface area (Å²) in [4.78, 5) is 26.6. The zero-order valence-electron chi connectivity index (χ0n) is 23.7. The van der Waals surface area contributed by atoms with E-state index in [0.29, 0.717) is 17.3 Å². The Labute approximate surface area is 217 Å². The highest BCUT2D eigenvalue weighted by Gasteiger charge is 2.70. The molecule has 10 atom stereocenters. The lowest BCUT2D eigenvalue weighted by molar-refractivity contribution is -0.181. The summed E-state index contributed by atoms with van der Waals surface area (Å²) in [7, 11) is 1.36. The SMILES string of the molecule is COC(=O)[C@@]1(C)C(=O)C(C#N)=C[C@]2(C)[C@H]3CC=C4[C@@H]5[C@@H](C)[C@H](C)CC[C@]5(C)CC[C@@]4(C)[C@]3(C)CC[C@@H]12. The van der Waals surface area contributed by atoms with Crippen molar-refractivity contribution in [2.24, 2.45) is 56.7 Å². The largest absolute Gasteiger partial charge is 0.468 e. The maximum absolute atomic E-state index is 13.5. The molecule has 0 saturated heterocycles. The molecule has 0 N–H and O–H groups in total. The van der Waals surface area contributed by atoms with Crippen molar-refractivity contribution in [1.82, 2.24) is 0 Å². The molecule has 0 unspecified atom stereocenters. The number of fused-ring (bicyclic) bond motifs is 7. The van der Waals surface area contributed by atoms with Crippen LogP contribution in [0.5, 0.6) is 0 Å². The van der Waals surface area contributed by atoms with Gasteiger partial charge in [0, 0.05) is 0 Å². The van der Waals surface area contributed by atoms with Crippen molar-refractivity contribution >= 4 is 11.8 Å². The van der Waals surface area contributed by atoms with Crippen LogP contribution in [0.1, 0.15) is 93.4 Å². The molecule has 0 heterocycles. The molecule has 5 aliphatic carbocycles. The summed E-state index contributed by atoms with van der Waals surface area (Å²) < 4.78 is 5.20. The minimum atomic E-state index is -1.31. The molecule has 5 rings (SSSR count). The minimum Gasteiger partial charge on any atom is -0.468 e. The standard InChI is InChI=1S/C32H45NO3/c1-19-11-13-28(3)15-16-30(5)22(25(28)20(19)2)9-10-23-29(4)17-21(18-33)26(34)32(7,27(35)36-8)24(29)12-14-31(23,30)6/h9,17,19-20,23-25H,10-16H2,1-8H3/t19-,20+,23-,24-,25+,28-,29-,30-,31-,32-/m1/s1. The van der Waals surface area contributed by atoms with Crippen LogP contribution < -0.4 is 0 Å². The van der Waals surface area contributed by atoms with Gasteiger partial charge in [-0.1, -0.05) is 59.3 Å². The lowest BCUT2D eigenvalue weighted by Gasteiger charge is -2.70. The van der Waals surface area contributed by atoms with E-state index in [9.17, 15) is 14.9 Å². The number of esters is 1. The Morgan fingerprint density at radius 1 is 1.03 bits per heavy atom. The molecule has 0 aliphatic heterocycles. The third kappa shape index (κ3) is 2.87. The second-order valence-electron chi connectivity index (χ2n) is 14.4. The number of hydrogen-bond acceptors (Lipinski definition) is 4. The summed E-state index contributed by atoms with van der Waals surface area (Å²) in [5.41, 5.74) is 0.609. The van der Waals surface area contributed by atoms with Crippen LogP contribution in [-0.4, -0.2) is 18.9 Å². The maximum Gasteiger partial charge on any atom is 0.319 e. The van der Waals surface area contributed by atoms with Crippen molar-refractivity contribution in [2.45, 2.75) is 93.4 Å². The van der Waals surface area contributed by atoms with Crippen molar-refractivity contribution in [1.29, 1.82) is 5.26 Å². The number of hydrogen-bond donors (Lipinski definition) is 0. The fourth-order valence-electron chi connectivity index (χ4n) is 10.6. The third-order valence-corrected chi connectivity index (χ3v) is 13.2. The molecule has 0 radical (unpaired) electrons. The Hall–Kier alpha value is -1.89. The van der Waals surface area contributed by atoms with Crippen molar-refractivity contribution in [3.8, 4) is 6.07 Å². The number of ketones is 1. The van der Waals surface area contributed by atoms with Crippen molar-refractivity contribution in [2.75, 3.05) is 7.11 Å². The Morgan fingerprint density at radius 2 is 1.72 bits per heavy atom. The smallest absolute Gasteiger partial charge is 0.319 e. The first kappa shape index (κ1) is 25.7. The zero-order chi connectivity index (χ0) is 26.5. The van der Waals surface area contributed by atoms with Crippen LogP contribution in [0, 0.1) is 68.0 Å². The molecule has 3 saturated carbocycles. The van der Waals surface area contributed by atoms with Crippen molar-refractivity contribution < 1.29 is 14.3 Å². The monoisotopic (exact) mass is 491 g/mol. The van der Waals surface area contributed by atoms with Crippen LogP contribution >= 0.6 is 0 Å².